The van der Waals surface area contributed by atoms with E-state index in [4.69, 9.17) is 23.2 Å². The minimum absolute atomic E-state index is 0.224. The predicted molar refractivity (Wildman–Crippen MR) is 66.9 cm³/mol. The van der Waals surface area contributed by atoms with Crippen molar-refractivity contribution in [3.63, 3.8) is 0 Å². The van der Waals surface area contributed by atoms with Gasteiger partial charge in [-0.2, -0.15) is 0 Å². The lowest BCUT2D eigenvalue weighted by Crippen LogP contribution is -2.27. The molecule has 2 nitrogen and oxygen atoms in total. The molecule has 1 atom stereocenters. The molecule has 0 aromatic heterocycles. The Bertz CT molecular complexity index is 366. The van der Waals surface area contributed by atoms with E-state index in [1.54, 1.807) is 6.07 Å². The van der Waals surface area contributed by atoms with Crippen molar-refractivity contribution in [2.75, 3.05) is 6.54 Å². The molecule has 0 saturated heterocycles. The lowest BCUT2D eigenvalue weighted by Gasteiger charge is -2.11. The molecule has 1 aromatic carbocycles. The molecule has 0 spiro atoms. The van der Waals surface area contributed by atoms with Crippen LogP contribution in [0.4, 0.5) is 0 Å². The molecule has 0 bridgehead atoms. The van der Waals surface area contributed by atoms with E-state index in [1.807, 2.05) is 12.1 Å². The number of aliphatic hydroxyl groups is 1. The van der Waals surface area contributed by atoms with Gasteiger partial charge in [-0.05, 0) is 30.4 Å². The normalized spacial score (nSPS) is 17.4. The third-order valence-corrected chi connectivity index (χ3v) is 3.72. The smallest absolute Gasteiger partial charge is 0.0692 e. The van der Waals surface area contributed by atoms with Crippen LogP contribution in [0.3, 0.4) is 0 Å². The summed E-state index contributed by atoms with van der Waals surface area (Å²) >= 11 is 12.0. The molecule has 0 aliphatic heterocycles. The summed E-state index contributed by atoms with van der Waals surface area (Å²) in [6.45, 7) is 1.26. The number of hydrogen-bond acceptors (Lipinski definition) is 2. The molecule has 16 heavy (non-hydrogen) atoms. The Morgan fingerprint density at radius 3 is 2.81 bits per heavy atom. The first kappa shape index (κ1) is 12.2. The molecule has 1 aliphatic rings. The van der Waals surface area contributed by atoms with Gasteiger partial charge >= 0.3 is 0 Å². The fourth-order valence-corrected chi connectivity index (χ4v) is 2.07. The van der Waals surface area contributed by atoms with Crippen LogP contribution in [0.5, 0.6) is 0 Å². The summed E-state index contributed by atoms with van der Waals surface area (Å²) in [5, 5.41) is 14.0. The van der Waals surface area contributed by atoms with E-state index in [2.05, 4.69) is 5.32 Å². The minimum atomic E-state index is -0.224. The molecule has 1 aliphatic carbocycles. The largest absolute Gasteiger partial charge is 0.392 e. The molecule has 1 aromatic rings. The van der Waals surface area contributed by atoms with Crippen molar-refractivity contribution >= 4 is 23.2 Å². The Morgan fingerprint density at radius 1 is 1.38 bits per heavy atom. The van der Waals surface area contributed by atoms with Crippen molar-refractivity contribution in [2.24, 2.45) is 5.92 Å². The Hall–Kier alpha value is -0.280. The van der Waals surface area contributed by atoms with Gasteiger partial charge in [0.2, 0.25) is 0 Å². The lowest BCUT2D eigenvalue weighted by atomic mass is 10.2. The average molecular weight is 260 g/mol. The topological polar surface area (TPSA) is 32.3 Å². The van der Waals surface area contributed by atoms with E-state index < -0.39 is 0 Å². The summed E-state index contributed by atoms with van der Waals surface area (Å²) in [6.07, 6.45) is 2.08. The Balaban J connectivity index is 1.82. The van der Waals surface area contributed by atoms with Gasteiger partial charge in [0.1, 0.15) is 0 Å². The second-order valence-corrected chi connectivity index (χ2v) is 5.03. The number of aliphatic hydroxyl groups excluding tert-OH is 1. The van der Waals surface area contributed by atoms with Gasteiger partial charge in [0, 0.05) is 13.1 Å². The molecular weight excluding hydrogens is 245 g/mol. The first-order valence-corrected chi connectivity index (χ1v) is 6.25. The van der Waals surface area contributed by atoms with E-state index in [0.717, 1.165) is 18.4 Å². The molecule has 1 saturated carbocycles. The van der Waals surface area contributed by atoms with Crippen LogP contribution in [0, 0.1) is 5.92 Å². The molecule has 0 amide bonds. The number of benzene rings is 1. The summed E-state index contributed by atoms with van der Waals surface area (Å²) in [7, 11) is 0. The van der Waals surface area contributed by atoms with Crippen molar-refractivity contribution < 1.29 is 5.11 Å². The third kappa shape index (κ3) is 3.11. The van der Waals surface area contributed by atoms with E-state index >= 15 is 0 Å². The van der Waals surface area contributed by atoms with Gasteiger partial charge in [0.05, 0.1) is 16.1 Å². The van der Waals surface area contributed by atoms with Gasteiger partial charge in [0.15, 0.2) is 0 Å². The highest BCUT2D eigenvalue weighted by molar-refractivity contribution is 6.42. The van der Waals surface area contributed by atoms with Crippen LogP contribution in [0.2, 0.25) is 10.0 Å². The van der Waals surface area contributed by atoms with E-state index in [1.165, 1.54) is 0 Å². The molecule has 1 unspecified atom stereocenters. The number of rotatable bonds is 5. The van der Waals surface area contributed by atoms with Gasteiger partial charge in [0.25, 0.3) is 0 Å². The van der Waals surface area contributed by atoms with E-state index in [-0.39, 0.29) is 6.10 Å². The molecule has 88 valence electrons. The quantitative estimate of drug-likeness (QED) is 0.853. The van der Waals surface area contributed by atoms with Crippen molar-refractivity contribution in [3.8, 4) is 0 Å². The SMILES string of the molecule is OC(CNCc1cccc(Cl)c1Cl)C1CC1. The highest BCUT2D eigenvalue weighted by atomic mass is 35.5. The van der Waals surface area contributed by atoms with Gasteiger partial charge in [-0.1, -0.05) is 35.3 Å². The lowest BCUT2D eigenvalue weighted by molar-refractivity contribution is 0.148. The number of hydrogen-bond donors (Lipinski definition) is 2. The van der Waals surface area contributed by atoms with Gasteiger partial charge in [-0.15, -0.1) is 0 Å². The van der Waals surface area contributed by atoms with Crippen molar-refractivity contribution in [1.82, 2.24) is 5.32 Å². The Kier molecular flexibility index (Phi) is 4.09. The van der Waals surface area contributed by atoms with E-state index in [0.29, 0.717) is 29.1 Å². The van der Waals surface area contributed by atoms with Crippen molar-refractivity contribution in [1.29, 1.82) is 0 Å². The first-order valence-electron chi connectivity index (χ1n) is 5.50. The molecule has 2 rings (SSSR count). The molecule has 0 heterocycles. The maximum absolute atomic E-state index is 9.67. The maximum atomic E-state index is 9.67. The zero-order valence-electron chi connectivity index (χ0n) is 8.92. The van der Waals surface area contributed by atoms with Gasteiger partial charge in [-0.25, -0.2) is 0 Å². The summed E-state index contributed by atoms with van der Waals surface area (Å²) < 4.78 is 0. The highest BCUT2D eigenvalue weighted by Gasteiger charge is 2.29. The fourth-order valence-electron chi connectivity index (χ4n) is 1.69. The number of nitrogens with one attached hydrogen (secondary N) is 1. The second kappa shape index (κ2) is 5.37. The van der Waals surface area contributed by atoms with Crippen LogP contribution in [0.15, 0.2) is 18.2 Å². The third-order valence-electron chi connectivity index (χ3n) is 2.87. The molecule has 1 fully saturated rings. The summed E-state index contributed by atoms with van der Waals surface area (Å²) in [4.78, 5) is 0. The zero-order chi connectivity index (χ0) is 11.5. The van der Waals surface area contributed by atoms with E-state index in [9.17, 15) is 5.11 Å². The number of halogens is 2. The van der Waals surface area contributed by atoms with Gasteiger partial charge in [-0.3, -0.25) is 0 Å². The van der Waals surface area contributed by atoms with Crippen LogP contribution < -0.4 is 5.32 Å². The van der Waals surface area contributed by atoms with Crippen LogP contribution in [0.25, 0.3) is 0 Å². The monoisotopic (exact) mass is 259 g/mol. The maximum Gasteiger partial charge on any atom is 0.0692 e. The molecule has 4 heteroatoms. The Morgan fingerprint density at radius 2 is 2.12 bits per heavy atom. The molecule has 2 N–H and O–H groups in total. The highest BCUT2D eigenvalue weighted by Crippen LogP contribution is 2.32. The standard InChI is InChI=1S/C12H15Cl2NO/c13-10-3-1-2-9(12(10)14)6-15-7-11(16)8-4-5-8/h1-3,8,11,15-16H,4-7H2. The van der Waals surface area contributed by atoms with Crippen LogP contribution in [-0.2, 0) is 6.54 Å². The van der Waals surface area contributed by atoms with Crippen LogP contribution >= 0.6 is 23.2 Å². The summed E-state index contributed by atoms with van der Waals surface area (Å²) in [5.74, 6) is 0.502. The van der Waals surface area contributed by atoms with Gasteiger partial charge < -0.3 is 10.4 Å². The predicted octanol–water partition coefficient (Wildman–Crippen LogP) is 2.85. The minimum Gasteiger partial charge on any atom is -0.392 e. The molecule has 0 radical (unpaired) electrons. The van der Waals surface area contributed by atoms with Crippen molar-refractivity contribution in [2.45, 2.75) is 25.5 Å². The molecular formula is C12H15Cl2NO. The van der Waals surface area contributed by atoms with Crippen molar-refractivity contribution in [3.05, 3.63) is 33.8 Å². The fraction of sp³-hybridized carbons (Fsp3) is 0.500. The average Bonchev–Trinajstić information content (AvgIpc) is 3.07. The zero-order valence-corrected chi connectivity index (χ0v) is 10.4. The summed E-state index contributed by atoms with van der Waals surface area (Å²) in [5.41, 5.74) is 0.970. The summed E-state index contributed by atoms with van der Waals surface area (Å²) in [6, 6.07) is 5.58. The first-order chi connectivity index (χ1) is 7.68. The Labute approximate surface area is 106 Å². The van der Waals surface area contributed by atoms with Crippen LogP contribution in [0.1, 0.15) is 18.4 Å². The second-order valence-electron chi connectivity index (χ2n) is 4.25. The van der Waals surface area contributed by atoms with Crippen LogP contribution in [-0.4, -0.2) is 17.8 Å².